The number of nitrogens with zero attached hydrogens (tertiary/aromatic N) is 1. The van der Waals surface area contributed by atoms with E-state index in [4.69, 9.17) is 9.47 Å². The third-order valence-corrected chi connectivity index (χ3v) is 4.96. The molecule has 0 aromatic heterocycles. The fraction of sp³-hybridized carbons (Fsp3) is 0.368. The summed E-state index contributed by atoms with van der Waals surface area (Å²) in [6.45, 7) is 4.00. The Morgan fingerprint density at radius 1 is 1.00 bits per heavy atom. The van der Waals surface area contributed by atoms with Crippen molar-refractivity contribution < 1.29 is 9.47 Å². The molecule has 24 heavy (non-hydrogen) atoms. The fourth-order valence-corrected chi connectivity index (χ4v) is 3.49. The number of hydrogen-bond acceptors (Lipinski definition) is 4. The maximum Gasteiger partial charge on any atom is 0.124 e. The van der Waals surface area contributed by atoms with Crippen molar-refractivity contribution in [2.45, 2.75) is 6.04 Å². The van der Waals surface area contributed by atoms with E-state index in [0.29, 0.717) is 0 Å². The van der Waals surface area contributed by atoms with Crippen molar-refractivity contribution in [1.82, 2.24) is 10.2 Å². The van der Waals surface area contributed by atoms with Gasteiger partial charge in [0.25, 0.3) is 0 Å². The molecule has 1 unspecified atom stereocenters. The molecule has 1 saturated heterocycles. The molecule has 1 fully saturated rings. The molecule has 128 valence electrons. The lowest BCUT2D eigenvalue weighted by atomic mass is 9.95. The first kappa shape index (κ1) is 17.3. The summed E-state index contributed by atoms with van der Waals surface area (Å²) in [7, 11) is 3.42. The number of piperazine rings is 1. The lowest BCUT2D eigenvalue weighted by Crippen LogP contribution is -2.45. The summed E-state index contributed by atoms with van der Waals surface area (Å²) in [4.78, 5) is 2.50. The molecule has 0 amide bonds. The zero-order chi connectivity index (χ0) is 16.9. The zero-order valence-electron chi connectivity index (χ0n) is 14.1. The van der Waals surface area contributed by atoms with Gasteiger partial charge in [0.2, 0.25) is 0 Å². The number of halogens is 1. The van der Waals surface area contributed by atoms with E-state index >= 15 is 0 Å². The molecule has 0 radical (unpaired) electrons. The van der Waals surface area contributed by atoms with Crippen LogP contribution in [-0.4, -0.2) is 45.3 Å². The van der Waals surface area contributed by atoms with Crippen molar-refractivity contribution in [3.63, 3.8) is 0 Å². The highest BCUT2D eigenvalue weighted by atomic mass is 79.9. The Labute approximate surface area is 151 Å². The number of nitrogens with one attached hydrogen (secondary N) is 1. The van der Waals surface area contributed by atoms with Crippen molar-refractivity contribution in [1.29, 1.82) is 0 Å². The number of hydrogen-bond donors (Lipinski definition) is 1. The van der Waals surface area contributed by atoms with E-state index in [1.165, 1.54) is 5.56 Å². The second-order valence-corrected chi connectivity index (χ2v) is 6.76. The molecule has 0 saturated carbocycles. The van der Waals surface area contributed by atoms with E-state index in [1.54, 1.807) is 14.2 Å². The topological polar surface area (TPSA) is 33.7 Å². The second kappa shape index (κ2) is 8.01. The summed E-state index contributed by atoms with van der Waals surface area (Å²) < 4.78 is 12.2. The molecule has 1 heterocycles. The lowest BCUT2D eigenvalue weighted by molar-refractivity contribution is 0.195. The minimum atomic E-state index is 0.144. The van der Waals surface area contributed by atoms with E-state index in [9.17, 15) is 0 Å². The maximum atomic E-state index is 5.65. The second-order valence-electron chi connectivity index (χ2n) is 5.85. The summed E-state index contributed by atoms with van der Waals surface area (Å²) in [6, 6.07) is 14.7. The summed E-state index contributed by atoms with van der Waals surface area (Å²) in [5.41, 5.74) is 2.40. The Morgan fingerprint density at radius 2 is 1.71 bits per heavy atom. The highest BCUT2D eigenvalue weighted by molar-refractivity contribution is 9.10. The van der Waals surface area contributed by atoms with Gasteiger partial charge in [-0.2, -0.15) is 0 Å². The van der Waals surface area contributed by atoms with Crippen molar-refractivity contribution in [2.24, 2.45) is 0 Å². The smallest absolute Gasteiger partial charge is 0.124 e. The molecule has 0 spiro atoms. The SMILES string of the molecule is COc1ccc(OC)c(C(c2ccc(Br)cc2)N2CCNCC2)c1. The van der Waals surface area contributed by atoms with Crippen LogP contribution in [0, 0.1) is 0 Å². The largest absolute Gasteiger partial charge is 0.497 e. The molecule has 4 nitrogen and oxygen atoms in total. The van der Waals surface area contributed by atoms with Gasteiger partial charge in [-0.05, 0) is 35.9 Å². The van der Waals surface area contributed by atoms with Crippen LogP contribution in [0.15, 0.2) is 46.9 Å². The van der Waals surface area contributed by atoms with Crippen LogP contribution in [0.4, 0.5) is 0 Å². The van der Waals surface area contributed by atoms with Gasteiger partial charge in [-0.1, -0.05) is 28.1 Å². The van der Waals surface area contributed by atoms with Gasteiger partial charge < -0.3 is 14.8 Å². The van der Waals surface area contributed by atoms with Crippen LogP contribution in [0.3, 0.4) is 0 Å². The standard InChI is InChI=1S/C19H23BrN2O2/c1-23-16-7-8-18(24-2)17(13-16)19(22-11-9-21-10-12-22)14-3-5-15(20)6-4-14/h3-8,13,19,21H,9-12H2,1-2H3. The Morgan fingerprint density at radius 3 is 2.33 bits per heavy atom. The van der Waals surface area contributed by atoms with Crippen molar-refractivity contribution >= 4 is 15.9 Å². The van der Waals surface area contributed by atoms with Gasteiger partial charge in [-0.3, -0.25) is 4.90 Å². The van der Waals surface area contributed by atoms with Crippen molar-refractivity contribution in [2.75, 3.05) is 40.4 Å². The molecule has 1 aliphatic heterocycles. The minimum absolute atomic E-state index is 0.144. The number of methoxy groups -OCH3 is 2. The lowest BCUT2D eigenvalue weighted by Gasteiger charge is -2.36. The molecule has 1 N–H and O–H groups in total. The highest BCUT2D eigenvalue weighted by Gasteiger charge is 2.27. The predicted molar refractivity (Wildman–Crippen MR) is 100.0 cm³/mol. The van der Waals surface area contributed by atoms with Gasteiger partial charge in [0.05, 0.1) is 20.3 Å². The van der Waals surface area contributed by atoms with E-state index in [-0.39, 0.29) is 6.04 Å². The Kier molecular flexibility index (Phi) is 5.76. The predicted octanol–water partition coefficient (Wildman–Crippen LogP) is 3.46. The molecular weight excluding hydrogens is 368 g/mol. The normalized spacial score (nSPS) is 16.6. The van der Waals surface area contributed by atoms with E-state index in [0.717, 1.165) is 47.7 Å². The Hall–Kier alpha value is -1.56. The third kappa shape index (κ3) is 3.74. The van der Waals surface area contributed by atoms with Gasteiger partial charge in [-0.15, -0.1) is 0 Å². The Bertz CT molecular complexity index is 670. The van der Waals surface area contributed by atoms with Crippen molar-refractivity contribution in [3.05, 3.63) is 58.1 Å². The van der Waals surface area contributed by atoms with Crippen molar-refractivity contribution in [3.8, 4) is 11.5 Å². The zero-order valence-corrected chi connectivity index (χ0v) is 15.7. The molecule has 1 aliphatic rings. The van der Waals surface area contributed by atoms with Crippen LogP contribution >= 0.6 is 15.9 Å². The molecule has 3 rings (SSSR count). The monoisotopic (exact) mass is 390 g/mol. The Balaban J connectivity index is 2.08. The fourth-order valence-electron chi connectivity index (χ4n) is 3.23. The first-order valence-electron chi connectivity index (χ1n) is 8.15. The van der Waals surface area contributed by atoms with Crippen LogP contribution in [0.2, 0.25) is 0 Å². The first-order chi connectivity index (χ1) is 11.7. The van der Waals surface area contributed by atoms with Gasteiger partial charge in [-0.25, -0.2) is 0 Å². The van der Waals surface area contributed by atoms with E-state index < -0.39 is 0 Å². The summed E-state index contributed by atoms with van der Waals surface area (Å²) in [5, 5.41) is 3.43. The number of rotatable bonds is 5. The van der Waals surface area contributed by atoms with Crippen LogP contribution in [0.5, 0.6) is 11.5 Å². The van der Waals surface area contributed by atoms with Crippen LogP contribution < -0.4 is 14.8 Å². The summed E-state index contributed by atoms with van der Waals surface area (Å²) in [5.74, 6) is 1.74. The van der Waals surface area contributed by atoms with Gasteiger partial charge in [0.15, 0.2) is 0 Å². The molecule has 1 atom stereocenters. The number of benzene rings is 2. The summed E-state index contributed by atoms with van der Waals surface area (Å²) >= 11 is 3.53. The van der Waals surface area contributed by atoms with E-state index in [1.807, 2.05) is 12.1 Å². The van der Waals surface area contributed by atoms with Gasteiger partial charge in [0, 0.05) is 36.2 Å². The molecule has 2 aromatic rings. The molecular formula is C19H23BrN2O2. The molecule has 0 bridgehead atoms. The van der Waals surface area contributed by atoms with Crippen LogP contribution in [-0.2, 0) is 0 Å². The van der Waals surface area contributed by atoms with Gasteiger partial charge >= 0.3 is 0 Å². The first-order valence-corrected chi connectivity index (χ1v) is 8.94. The van der Waals surface area contributed by atoms with E-state index in [2.05, 4.69) is 56.5 Å². The third-order valence-electron chi connectivity index (χ3n) is 4.43. The number of ether oxygens (including phenoxy) is 2. The average Bonchev–Trinajstić information content (AvgIpc) is 2.64. The minimum Gasteiger partial charge on any atom is -0.497 e. The highest BCUT2D eigenvalue weighted by Crippen LogP contribution is 2.37. The summed E-state index contributed by atoms with van der Waals surface area (Å²) in [6.07, 6.45) is 0. The average molecular weight is 391 g/mol. The van der Waals surface area contributed by atoms with Crippen LogP contribution in [0.25, 0.3) is 0 Å². The molecule has 5 heteroatoms. The maximum absolute atomic E-state index is 5.65. The molecule has 0 aliphatic carbocycles. The van der Waals surface area contributed by atoms with Gasteiger partial charge in [0.1, 0.15) is 11.5 Å². The van der Waals surface area contributed by atoms with Crippen LogP contribution in [0.1, 0.15) is 17.2 Å². The quantitative estimate of drug-likeness (QED) is 0.847. The molecule has 2 aromatic carbocycles.